The molecule has 3 heterocycles. The molecule has 1 aromatic carbocycles. The highest BCUT2D eigenvalue weighted by Gasteiger charge is 2.26. The minimum absolute atomic E-state index is 0.00956. The molecule has 0 atom stereocenters. The summed E-state index contributed by atoms with van der Waals surface area (Å²) in [5.41, 5.74) is 0.631. The van der Waals surface area contributed by atoms with Gasteiger partial charge in [0.2, 0.25) is 21.8 Å². The van der Waals surface area contributed by atoms with E-state index in [1.165, 1.54) is 11.8 Å². The van der Waals surface area contributed by atoms with Gasteiger partial charge in [0.05, 0.1) is 23.9 Å². The fourth-order valence-corrected chi connectivity index (χ4v) is 5.62. The summed E-state index contributed by atoms with van der Waals surface area (Å²) in [6.45, 7) is 3.45. The maximum Gasteiger partial charge on any atom is 0.277 e. The van der Waals surface area contributed by atoms with E-state index >= 15 is 0 Å². The van der Waals surface area contributed by atoms with E-state index in [9.17, 15) is 13.2 Å². The normalized spacial score (nSPS) is 18.5. The number of amides is 1. The van der Waals surface area contributed by atoms with E-state index in [2.05, 4.69) is 10.2 Å². The fraction of sp³-hybridized carbons (Fsp3) is 0.526. The van der Waals surface area contributed by atoms with Crippen molar-refractivity contribution < 1.29 is 22.4 Å². The molecule has 162 valence electrons. The molecule has 2 aliphatic heterocycles. The molecule has 9 nitrogen and oxygen atoms in total. The highest BCUT2D eigenvalue weighted by molar-refractivity contribution is 7.99. The Morgan fingerprint density at radius 1 is 1.00 bits per heavy atom. The Kier molecular flexibility index (Phi) is 6.71. The molecular weight excluding hydrogens is 428 g/mol. The molecule has 1 aromatic heterocycles. The smallest absolute Gasteiger partial charge is 0.277 e. The van der Waals surface area contributed by atoms with Crippen LogP contribution in [0.5, 0.6) is 0 Å². The van der Waals surface area contributed by atoms with Crippen molar-refractivity contribution >= 4 is 27.7 Å². The number of morpholine rings is 1. The van der Waals surface area contributed by atoms with Gasteiger partial charge in [0.15, 0.2) is 0 Å². The Morgan fingerprint density at radius 2 is 1.70 bits per heavy atom. The van der Waals surface area contributed by atoms with Gasteiger partial charge in [-0.05, 0) is 37.1 Å². The van der Waals surface area contributed by atoms with Gasteiger partial charge in [-0.2, -0.15) is 4.31 Å². The van der Waals surface area contributed by atoms with E-state index in [0.29, 0.717) is 56.1 Å². The predicted octanol–water partition coefficient (Wildman–Crippen LogP) is 1.86. The van der Waals surface area contributed by atoms with Crippen LogP contribution in [-0.2, 0) is 19.6 Å². The molecule has 2 fully saturated rings. The van der Waals surface area contributed by atoms with E-state index in [0.717, 1.165) is 19.3 Å². The molecule has 0 aliphatic carbocycles. The minimum Gasteiger partial charge on any atom is -0.411 e. The zero-order valence-corrected chi connectivity index (χ0v) is 18.2. The Hall–Kier alpha value is -1.95. The molecule has 0 bridgehead atoms. The minimum atomic E-state index is -3.47. The molecule has 2 saturated heterocycles. The third-order valence-electron chi connectivity index (χ3n) is 5.14. The molecule has 0 N–H and O–H groups in total. The van der Waals surface area contributed by atoms with Crippen LogP contribution < -0.4 is 0 Å². The average Bonchev–Trinajstić information content (AvgIpc) is 3.28. The van der Waals surface area contributed by atoms with E-state index < -0.39 is 10.0 Å². The number of nitrogens with zero attached hydrogens (tertiary/aromatic N) is 4. The van der Waals surface area contributed by atoms with E-state index in [1.54, 1.807) is 33.5 Å². The molecule has 0 unspecified atom stereocenters. The number of carbonyl (C=O) groups is 1. The number of sulfonamides is 1. The lowest BCUT2D eigenvalue weighted by Crippen LogP contribution is -2.41. The van der Waals surface area contributed by atoms with Crippen LogP contribution in [0, 0.1) is 0 Å². The first kappa shape index (κ1) is 21.3. The van der Waals surface area contributed by atoms with E-state index in [-0.39, 0.29) is 16.6 Å². The molecule has 0 radical (unpaired) electrons. The third kappa shape index (κ3) is 4.85. The number of thioether (sulfide) groups is 1. The van der Waals surface area contributed by atoms with Crippen LogP contribution in [0.1, 0.15) is 19.3 Å². The summed E-state index contributed by atoms with van der Waals surface area (Å²) in [5.74, 6) is 0.517. The fourth-order valence-electron chi connectivity index (χ4n) is 3.44. The lowest BCUT2D eigenvalue weighted by molar-refractivity contribution is -0.132. The summed E-state index contributed by atoms with van der Waals surface area (Å²) < 4.78 is 37.9. The van der Waals surface area contributed by atoms with Gasteiger partial charge in [-0.1, -0.05) is 18.2 Å². The molecule has 11 heteroatoms. The van der Waals surface area contributed by atoms with Crippen LogP contribution in [0.15, 0.2) is 38.8 Å². The molecular formula is C19H24N4O5S2. The van der Waals surface area contributed by atoms with E-state index in [4.69, 9.17) is 9.15 Å². The lowest BCUT2D eigenvalue weighted by Gasteiger charge is -2.26. The van der Waals surface area contributed by atoms with Crippen LogP contribution in [0.3, 0.4) is 0 Å². The van der Waals surface area contributed by atoms with Crippen molar-refractivity contribution in [2.45, 2.75) is 29.4 Å². The molecule has 30 heavy (non-hydrogen) atoms. The number of rotatable bonds is 6. The maximum absolute atomic E-state index is 12.7. The van der Waals surface area contributed by atoms with Crippen LogP contribution in [0.4, 0.5) is 0 Å². The largest absolute Gasteiger partial charge is 0.411 e. The topological polar surface area (TPSA) is 106 Å². The molecule has 0 spiro atoms. The number of carbonyl (C=O) groups excluding carboxylic acids is 1. The van der Waals surface area contributed by atoms with Gasteiger partial charge < -0.3 is 14.1 Å². The van der Waals surface area contributed by atoms with E-state index in [1.807, 2.05) is 0 Å². The van der Waals surface area contributed by atoms with Crippen LogP contribution in [-0.4, -0.2) is 78.9 Å². The second-order valence-corrected chi connectivity index (χ2v) is 10.0. The second kappa shape index (κ2) is 9.46. The van der Waals surface area contributed by atoms with Gasteiger partial charge in [0.1, 0.15) is 0 Å². The summed E-state index contributed by atoms with van der Waals surface area (Å²) in [5, 5.41) is 8.30. The number of benzene rings is 1. The van der Waals surface area contributed by atoms with Gasteiger partial charge >= 0.3 is 0 Å². The van der Waals surface area contributed by atoms with Crippen molar-refractivity contribution in [1.29, 1.82) is 0 Å². The van der Waals surface area contributed by atoms with Gasteiger partial charge in [-0.15, -0.1) is 10.2 Å². The summed E-state index contributed by atoms with van der Waals surface area (Å²) >= 11 is 1.19. The first-order valence-electron chi connectivity index (χ1n) is 9.96. The zero-order chi connectivity index (χ0) is 21.0. The van der Waals surface area contributed by atoms with Crippen molar-refractivity contribution in [3.8, 4) is 11.5 Å². The lowest BCUT2D eigenvalue weighted by atomic mass is 10.2. The Morgan fingerprint density at radius 3 is 2.40 bits per heavy atom. The number of ether oxygens (including phenoxy) is 1. The number of hydrogen-bond donors (Lipinski definition) is 0. The third-order valence-corrected chi connectivity index (χ3v) is 7.86. The molecule has 0 saturated carbocycles. The average molecular weight is 453 g/mol. The first-order valence-corrected chi connectivity index (χ1v) is 12.4. The molecule has 1 amide bonds. The van der Waals surface area contributed by atoms with Gasteiger partial charge in [-0.25, -0.2) is 8.42 Å². The van der Waals surface area contributed by atoms with Crippen molar-refractivity contribution in [2.75, 3.05) is 45.1 Å². The zero-order valence-electron chi connectivity index (χ0n) is 16.5. The Bertz CT molecular complexity index is 965. The SMILES string of the molecule is O=C(CSc1nnc(-c2ccc(S(=O)(=O)N3CCCCC3)cc2)o1)N1CCOCC1. The highest BCUT2D eigenvalue weighted by atomic mass is 32.2. The predicted molar refractivity (Wildman–Crippen MR) is 110 cm³/mol. The Balaban J connectivity index is 1.38. The van der Waals surface area contributed by atoms with Crippen molar-refractivity contribution in [1.82, 2.24) is 19.4 Å². The maximum atomic E-state index is 12.7. The summed E-state index contributed by atoms with van der Waals surface area (Å²) in [6.07, 6.45) is 2.86. The number of piperidine rings is 1. The van der Waals surface area contributed by atoms with Crippen molar-refractivity contribution in [2.24, 2.45) is 0 Å². The number of aromatic nitrogens is 2. The van der Waals surface area contributed by atoms with Crippen molar-refractivity contribution in [3.05, 3.63) is 24.3 Å². The first-order chi connectivity index (χ1) is 14.5. The quantitative estimate of drug-likeness (QED) is 0.612. The number of hydrogen-bond acceptors (Lipinski definition) is 8. The summed E-state index contributed by atoms with van der Waals surface area (Å²) in [7, 11) is -3.47. The Labute approximate surface area is 179 Å². The van der Waals surface area contributed by atoms with Gasteiger partial charge in [-0.3, -0.25) is 4.79 Å². The summed E-state index contributed by atoms with van der Waals surface area (Å²) in [6, 6.07) is 6.46. The standard InChI is InChI=1S/C19H24N4O5S2/c24-17(22-10-12-27-13-11-22)14-29-19-21-20-18(28-19)15-4-6-16(7-5-15)30(25,26)23-8-2-1-3-9-23/h4-7H,1-3,8-14H2. The summed E-state index contributed by atoms with van der Waals surface area (Å²) in [4.78, 5) is 14.2. The van der Waals surface area contributed by atoms with Crippen LogP contribution in [0.2, 0.25) is 0 Å². The van der Waals surface area contributed by atoms with Gasteiger partial charge in [0.25, 0.3) is 5.22 Å². The van der Waals surface area contributed by atoms with Crippen LogP contribution in [0.25, 0.3) is 11.5 Å². The van der Waals surface area contributed by atoms with Gasteiger partial charge in [0, 0.05) is 31.7 Å². The van der Waals surface area contributed by atoms with Crippen molar-refractivity contribution in [3.63, 3.8) is 0 Å². The highest BCUT2D eigenvalue weighted by Crippen LogP contribution is 2.26. The second-order valence-electron chi connectivity index (χ2n) is 7.14. The molecule has 2 aliphatic rings. The molecule has 4 rings (SSSR count). The molecule has 2 aromatic rings. The monoisotopic (exact) mass is 452 g/mol. The van der Waals surface area contributed by atoms with Crippen LogP contribution >= 0.6 is 11.8 Å².